The van der Waals surface area contributed by atoms with Gasteiger partial charge in [0.05, 0.1) is 21.1 Å². The number of non-ortho nitro benzene ring substituents is 1. The first-order chi connectivity index (χ1) is 13.2. The first-order valence-corrected chi connectivity index (χ1v) is 10.2. The Balaban J connectivity index is 1.79. The van der Waals surface area contributed by atoms with E-state index in [1.807, 2.05) is 24.0 Å². The van der Waals surface area contributed by atoms with E-state index in [2.05, 4.69) is 0 Å². The van der Waals surface area contributed by atoms with Gasteiger partial charge in [0, 0.05) is 38.3 Å². The summed E-state index contributed by atoms with van der Waals surface area (Å²) in [5.41, 5.74) is 2.36. The molecule has 0 bridgehead atoms. The van der Waals surface area contributed by atoms with E-state index < -0.39 is 14.9 Å². The Bertz CT molecular complexity index is 1070. The second-order valence-electron chi connectivity index (χ2n) is 6.73. The third-order valence-electron chi connectivity index (χ3n) is 4.84. The van der Waals surface area contributed by atoms with Gasteiger partial charge in [-0.1, -0.05) is 17.7 Å². The van der Waals surface area contributed by atoms with Crippen molar-refractivity contribution < 1.29 is 13.3 Å². The van der Waals surface area contributed by atoms with Crippen molar-refractivity contribution in [3.63, 3.8) is 0 Å². The topological polar surface area (TPSA) is 108 Å². The van der Waals surface area contributed by atoms with Gasteiger partial charge < -0.3 is 4.90 Å². The number of rotatable bonds is 4. The van der Waals surface area contributed by atoms with Crippen molar-refractivity contribution in [2.75, 3.05) is 31.1 Å². The summed E-state index contributed by atoms with van der Waals surface area (Å²) < 4.78 is 27.4. The number of piperazine rings is 1. The van der Waals surface area contributed by atoms with Gasteiger partial charge in [-0.3, -0.25) is 10.1 Å². The third kappa shape index (κ3) is 3.69. The highest BCUT2D eigenvalue weighted by Crippen LogP contribution is 2.28. The van der Waals surface area contributed by atoms with Crippen molar-refractivity contribution in [3.8, 4) is 6.07 Å². The summed E-state index contributed by atoms with van der Waals surface area (Å²) in [6.45, 7) is 5.05. The largest absolute Gasteiger partial charge is 0.368 e. The number of nitro groups is 1. The molecule has 0 unspecified atom stereocenters. The molecule has 8 nitrogen and oxygen atoms in total. The lowest BCUT2D eigenvalue weighted by molar-refractivity contribution is -0.384. The van der Waals surface area contributed by atoms with Crippen LogP contribution in [0.4, 0.5) is 11.4 Å². The molecule has 0 spiro atoms. The number of nitriles is 1. The predicted octanol–water partition coefficient (Wildman–Crippen LogP) is 2.59. The summed E-state index contributed by atoms with van der Waals surface area (Å²) in [6.07, 6.45) is 0. The van der Waals surface area contributed by atoms with Gasteiger partial charge in [-0.2, -0.15) is 9.57 Å². The van der Waals surface area contributed by atoms with Crippen molar-refractivity contribution >= 4 is 21.4 Å². The van der Waals surface area contributed by atoms with Crippen LogP contribution in [0.5, 0.6) is 0 Å². The number of hydrogen-bond acceptors (Lipinski definition) is 6. The number of benzene rings is 2. The normalized spacial score (nSPS) is 15.2. The van der Waals surface area contributed by atoms with Crippen molar-refractivity contribution in [2.24, 2.45) is 0 Å². The summed E-state index contributed by atoms with van der Waals surface area (Å²) in [7, 11) is -3.60. The molecule has 2 aromatic carbocycles. The molecule has 0 amide bonds. The summed E-state index contributed by atoms with van der Waals surface area (Å²) in [6, 6.07) is 11.4. The van der Waals surface area contributed by atoms with Gasteiger partial charge in [0.1, 0.15) is 6.07 Å². The lowest BCUT2D eigenvalue weighted by Gasteiger charge is -2.35. The van der Waals surface area contributed by atoms with Crippen LogP contribution < -0.4 is 4.90 Å². The summed E-state index contributed by atoms with van der Waals surface area (Å²) in [4.78, 5) is 12.6. The smallest absolute Gasteiger partial charge is 0.270 e. The minimum absolute atomic E-state index is 0.142. The highest BCUT2D eigenvalue weighted by atomic mass is 32.2. The fraction of sp³-hybridized carbons (Fsp3) is 0.316. The molecule has 1 fully saturated rings. The maximum Gasteiger partial charge on any atom is 0.270 e. The molecular formula is C19H20N4O4S. The molecule has 1 aliphatic heterocycles. The molecule has 0 saturated carbocycles. The molecule has 0 N–H and O–H groups in total. The first kappa shape index (κ1) is 19.8. The molecule has 0 atom stereocenters. The van der Waals surface area contributed by atoms with Gasteiger partial charge in [0.2, 0.25) is 10.0 Å². The summed E-state index contributed by atoms with van der Waals surface area (Å²) in [5, 5.41) is 20.2. The number of nitrogens with zero attached hydrogens (tertiary/aromatic N) is 4. The number of anilines is 1. The van der Waals surface area contributed by atoms with Gasteiger partial charge in [-0.25, -0.2) is 8.42 Å². The number of nitro benzene ring substituents is 1. The van der Waals surface area contributed by atoms with E-state index in [0.717, 1.165) is 5.56 Å². The fourth-order valence-electron chi connectivity index (χ4n) is 3.40. The van der Waals surface area contributed by atoms with Gasteiger partial charge in [0.25, 0.3) is 5.69 Å². The van der Waals surface area contributed by atoms with Gasteiger partial charge >= 0.3 is 0 Å². The second kappa shape index (κ2) is 7.58. The highest BCUT2D eigenvalue weighted by Gasteiger charge is 2.30. The number of aryl methyl sites for hydroxylation is 2. The standard InChI is InChI=1S/C19H20N4O4S/c1-14-3-6-19(15(2)11-14)28(26,27)22-9-7-21(8-10-22)18-5-4-17(23(24)25)12-16(18)13-20/h3-6,11-12H,7-10H2,1-2H3. The minimum Gasteiger partial charge on any atom is -0.368 e. The second-order valence-corrected chi connectivity index (χ2v) is 8.64. The van der Waals surface area contributed by atoms with E-state index in [1.54, 1.807) is 25.1 Å². The van der Waals surface area contributed by atoms with E-state index in [1.165, 1.54) is 16.4 Å². The average molecular weight is 400 g/mol. The average Bonchev–Trinajstić information content (AvgIpc) is 2.67. The fourth-order valence-corrected chi connectivity index (χ4v) is 5.03. The Morgan fingerprint density at radius 1 is 1.07 bits per heavy atom. The van der Waals surface area contributed by atoms with Crippen LogP contribution in [-0.2, 0) is 10.0 Å². The molecular weight excluding hydrogens is 380 g/mol. The van der Waals surface area contributed by atoms with Crippen molar-refractivity contribution in [1.29, 1.82) is 5.26 Å². The monoisotopic (exact) mass is 400 g/mol. The molecule has 2 aromatic rings. The molecule has 0 aromatic heterocycles. The Hall–Kier alpha value is -2.96. The van der Waals surface area contributed by atoms with E-state index in [4.69, 9.17) is 0 Å². The van der Waals surface area contributed by atoms with Crippen molar-refractivity contribution in [3.05, 3.63) is 63.2 Å². The molecule has 0 aliphatic carbocycles. The van der Waals surface area contributed by atoms with Gasteiger partial charge in [0.15, 0.2) is 0 Å². The van der Waals surface area contributed by atoms with Crippen molar-refractivity contribution in [2.45, 2.75) is 18.7 Å². The summed E-state index contributed by atoms with van der Waals surface area (Å²) in [5.74, 6) is 0. The van der Waals surface area contributed by atoms with E-state index in [9.17, 15) is 23.8 Å². The zero-order valence-electron chi connectivity index (χ0n) is 15.6. The van der Waals surface area contributed by atoms with E-state index in [-0.39, 0.29) is 24.3 Å². The molecule has 3 rings (SSSR count). The summed E-state index contributed by atoms with van der Waals surface area (Å²) >= 11 is 0. The molecule has 28 heavy (non-hydrogen) atoms. The molecule has 9 heteroatoms. The zero-order chi connectivity index (χ0) is 20.5. The molecule has 0 radical (unpaired) electrons. The van der Waals surface area contributed by atoms with Crippen LogP contribution >= 0.6 is 0 Å². The van der Waals surface area contributed by atoms with Crippen LogP contribution in [0.3, 0.4) is 0 Å². The van der Waals surface area contributed by atoms with E-state index >= 15 is 0 Å². The van der Waals surface area contributed by atoms with Crippen LogP contribution in [-0.4, -0.2) is 43.8 Å². The Morgan fingerprint density at radius 3 is 2.32 bits per heavy atom. The molecule has 1 saturated heterocycles. The maximum absolute atomic E-state index is 13.0. The van der Waals surface area contributed by atoms with Crippen LogP contribution in [0.25, 0.3) is 0 Å². The first-order valence-electron chi connectivity index (χ1n) is 8.75. The lowest BCUT2D eigenvalue weighted by atomic mass is 10.1. The van der Waals surface area contributed by atoms with Crippen molar-refractivity contribution in [1.82, 2.24) is 4.31 Å². The Kier molecular flexibility index (Phi) is 5.36. The minimum atomic E-state index is -3.60. The lowest BCUT2D eigenvalue weighted by Crippen LogP contribution is -2.49. The highest BCUT2D eigenvalue weighted by molar-refractivity contribution is 7.89. The van der Waals surface area contributed by atoms with E-state index in [0.29, 0.717) is 29.2 Å². The molecule has 146 valence electrons. The van der Waals surface area contributed by atoms with Crippen LogP contribution in [0.15, 0.2) is 41.3 Å². The zero-order valence-corrected chi connectivity index (χ0v) is 16.4. The predicted molar refractivity (Wildman–Crippen MR) is 105 cm³/mol. The molecule has 1 heterocycles. The Morgan fingerprint density at radius 2 is 1.75 bits per heavy atom. The quantitative estimate of drug-likeness (QED) is 0.577. The number of sulfonamides is 1. The third-order valence-corrected chi connectivity index (χ3v) is 6.90. The number of hydrogen-bond donors (Lipinski definition) is 0. The Labute approximate surface area is 163 Å². The van der Waals surface area contributed by atoms with Crippen LogP contribution in [0.1, 0.15) is 16.7 Å². The molecule has 1 aliphatic rings. The van der Waals surface area contributed by atoms with Crippen LogP contribution in [0, 0.1) is 35.3 Å². The maximum atomic E-state index is 13.0. The van der Waals surface area contributed by atoms with Gasteiger partial charge in [-0.15, -0.1) is 0 Å². The SMILES string of the molecule is Cc1ccc(S(=O)(=O)N2CCN(c3ccc([N+](=O)[O-])cc3C#N)CC2)c(C)c1. The van der Waals surface area contributed by atoms with Gasteiger partial charge in [-0.05, 0) is 31.5 Å². The van der Waals surface area contributed by atoms with Crippen LogP contribution in [0.2, 0.25) is 0 Å².